The molecule has 1 saturated carbocycles. The molecule has 2 aromatic carbocycles. The van der Waals surface area contributed by atoms with E-state index in [-0.39, 0.29) is 17.6 Å². The second-order valence-corrected chi connectivity index (χ2v) is 10.5. The molecule has 0 radical (unpaired) electrons. The monoisotopic (exact) mass is 507 g/mol. The highest BCUT2D eigenvalue weighted by Crippen LogP contribution is 2.48. The predicted octanol–water partition coefficient (Wildman–Crippen LogP) is 6.90. The van der Waals surface area contributed by atoms with E-state index in [1.54, 1.807) is 0 Å². The first kappa shape index (κ1) is 26.2. The number of ketones is 1. The summed E-state index contributed by atoms with van der Waals surface area (Å²) in [5.74, 6) is -0.426. The molecular weight excluding hydrogens is 474 g/mol. The molecule has 0 saturated heterocycles. The van der Waals surface area contributed by atoms with Gasteiger partial charge in [0, 0.05) is 34.3 Å². The standard InChI is InChI=1S/C30H34ClNO4/c1-5-14-35-26-9-7-6-8-23(26)28-27(30(34)36-17-18(2)3)19(4)32-24-15-21(16-25(33)29(24)28)20-10-12-22(31)13-11-20/h6-13,18,21,28-29H,5,14-17H2,1-4H3/t21-,28+,29?/m1/s1. The number of benzene rings is 2. The summed E-state index contributed by atoms with van der Waals surface area (Å²) in [6.07, 6.45) is 1.89. The Labute approximate surface area is 218 Å². The Hall–Kier alpha value is -2.92. The van der Waals surface area contributed by atoms with Gasteiger partial charge < -0.3 is 9.47 Å². The molecule has 0 spiro atoms. The van der Waals surface area contributed by atoms with Crippen LogP contribution in [0.15, 0.2) is 64.8 Å². The van der Waals surface area contributed by atoms with Crippen LogP contribution in [0.2, 0.25) is 5.02 Å². The maximum absolute atomic E-state index is 13.8. The van der Waals surface area contributed by atoms with Crippen molar-refractivity contribution in [1.82, 2.24) is 0 Å². The van der Waals surface area contributed by atoms with E-state index in [1.165, 1.54) is 0 Å². The number of aliphatic imine (C=N–C) groups is 1. The van der Waals surface area contributed by atoms with Gasteiger partial charge in [0.2, 0.25) is 0 Å². The van der Waals surface area contributed by atoms with Gasteiger partial charge in [0.25, 0.3) is 0 Å². The van der Waals surface area contributed by atoms with Gasteiger partial charge in [-0.2, -0.15) is 0 Å². The van der Waals surface area contributed by atoms with E-state index in [1.807, 2.05) is 76.2 Å². The number of Topliss-reactive ketones (excluding diaryl/α,β-unsaturated/α-hetero) is 1. The molecule has 2 aliphatic rings. The Morgan fingerprint density at radius 3 is 2.50 bits per heavy atom. The van der Waals surface area contributed by atoms with Crippen molar-refractivity contribution in [1.29, 1.82) is 0 Å². The fraction of sp³-hybridized carbons (Fsp3) is 0.433. The normalized spacial score (nSPS) is 21.8. The zero-order valence-corrected chi connectivity index (χ0v) is 22.2. The quantitative estimate of drug-likeness (QED) is 0.364. The summed E-state index contributed by atoms with van der Waals surface area (Å²) >= 11 is 6.09. The second-order valence-electron chi connectivity index (χ2n) is 10.1. The molecule has 5 nitrogen and oxygen atoms in total. The third-order valence-electron chi connectivity index (χ3n) is 6.78. The number of hydrogen-bond donors (Lipinski definition) is 0. The minimum Gasteiger partial charge on any atom is -0.493 e. The third-order valence-corrected chi connectivity index (χ3v) is 7.03. The molecule has 0 aromatic heterocycles. The van der Waals surface area contributed by atoms with E-state index >= 15 is 0 Å². The van der Waals surface area contributed by atoms with Crippen molar-refractivity contribution in [2.24, 2.45) is 16.8 Å². The highest BCUT2D eigenvalue weighted by Gasteiger charge is 2.47. The number of nitrogens with zero attached hydrogens (tertiary/aromatic N) is 1. The Bertz CT molecular complexity index is 1180. The molecular formula is C30H34ClNO4. The average Bonchev–Trinajstić information content (AvgIpc) is 2.85. The molecule has 1 aliphatic carbocycles. The minimum atomic E-state index is -0.523. The molecule has 6 heteroatoms. The van der Waals surface area contributed by atoms with Gasteiger partial charge in [-0.05, 0) is 55.4 Å². The largest absolute Gasteiger partial charge is 0.493 e. The van der Waals surface area contributed by atoms with Crippen LogP contribution in [0.25, 0.3) is 0 Å². The highest BCUT2D eigenvalue weighted by molar-refractivity contribution is 6.30. The summed E-state index contributed by atoms with van der Waals surface area (Å²) in [6, 6.07) is 15.4. The van der Waals surface area contributed by atoms with E-state index in [2.05, 4.69) is 0 Å². The smallest absolute Gasteiger partial charge is 0.336 e. The van der Waals surface area contributed by atoms with Gasteiger partial charge in [-0.25, -0.2) is 4.79 Å². The van der Waals surface area contributed by atoms with Crippen LogP contribution in [0.3, 0.4) is 0 Å². The number of carbonyl (C=O) groups is 2. The number of halogens is 1. The van der Waals surface area contributed by atoms with E-state index < -0.39 is 17.8 Å². The first-order chi connectivity index (χ1) is 17.3. The number of hydrogen-bond acceptors (Lipinski definition) is 5. The van der Waals surface area contributed by atoms with Gasteiger partial charge >= 0.3 is 5.97 Å². The number of esters is 1. The third kappa shape index (κ3) is 5.57. The second kappa shape index (κ2) is 11.4. The number of fused-ring (bicyclic) bond motifs is 1. The summed E-state index contributed by atoms with van der Waals surface area (Å²) in [6.45, 7) is 8.75. The highest BCUT2D eigenvalue weighted by atomic mass is 35.5. The van der Waals surface area contributed by atoms with Crippen LogP contribution in [0.5, 0.6) is 5.75 Å². The number of ether oxygens (including phenoxy) is 2. The predicted molar refractivity (Wildman–Crippen MR) is 143 cm³/mol. The summed E-state index contributed by atoms with van der Waals surface area (Å²) in [5.41, 5.74) is 3.78. The number of allylic oxidation sites excluding steroid dienone is 1. The van der Waals surface area contributed by atoms with Gasteiger partial charge in [0.1, 0.15) is 11.5 Å². The minimum absolute atomic E-state index is 0.0271. The van der Waals surface area contributed by atoms with Crippen molar-refractivity contribution < 1.29 is 19.1 Å². The molecule has 1 unspecified atom stereocenters. The fourth-order valence-corrected chi connectivity index (χ4v) is 5.28. The van der Waals surface area contributed by atoms with Gasteiger partial charge in [0.05, 0.1) is 24.7 Å². The summed E-state index contributed by atoms with van der Waals surface area (Å²) in [7, 11) is 0. The molecule has 2 aromatic rings. The number of para-hydroxylation sites is 1. The van der Waals surface area contributed by atoms with E-state index in [4.69, 9.17) is 26.1 Å². The zero-order valence-electron chi connectivity index (χ0n) is 21.4. The molecule has 3 atom stereocenters. The van der Waals surface area contributed by atoms with E-state index in [0.29, 0.717) is 48.1 Å². The molecule has 36 heavy (non-hydrogen) atoms. The van der Waals surface area contributed by atoms with Crippen LogP contribution in [0.4, 0.5) is 0 Å². The molecule has 1 aliphatic heterocycles. The topological polar surface area (TPSA) is 65.0 Å². The molecule has 0 N–H and O–H groups in total. The van der Waals surface area contributed by atoms with Gasteiger partial charge in [-0.15, -0.1) is 0 Å². The maximum Gasteiger partial charge on any atom is 0.336 e. The lowest BCUT2D eigenvalue weighted by molar-refractivity contribution is -0.140. The molecule has 190 valence electrons. The Morgan fingerprint density at radius 1 is 1.08 bits per heavy atom. The van der Waals surface area contributed by atoms with Crippen LogP contribution < -0.4 is 4.74 Å². The Morgan fingerprint density at radius 2 is 1.81 bits per heavy atom. The maximum atomic E-state index is 13.8. The fourth-order valence-electron chi connectivity index (χ4n) is 5.15. The van der Waals surface area contributed by atoms with E-state index in [9.17, 15) is 9.59 Å². The van der Waals surface area contributed by atoms with Crippen LogP contribution in [-0.2, 0) is 14.3 Å². The molecule has 0 bridgehead atoms. The lowest BCUT2D eigenvalue weighted by atomic mass is 9.66. The van der Waals surface area contributed by atoms with Crippen molar-refractivity contribution in [2.75, 3.05) is 13.2 Å². The van der Waals surface area contributed by atoms with Crippen LogP contribution in [0.1, 0.15) is 69.9 Å². The van der Waals surface area contributed by atoms with Crippen LogP contribution >= 0.6 is 11.6 Å². The Balaban J connectivity index is 1.78. The molecule has 1 heterocycles. The van der Waals surface area contributed by atoms with E-state index in [0.717, 1.165) is 23.3 Å². The lowest BCUT2D eigenvalue weighted by Crippen LogP contribution is -2.41. The lowest BCUT2D eigenvalue weighted by Gasteiger charge is -2.38. The molecule has 4 rings (SSSR count). The Kier molecular flexibility index (Phi) is 8.30. The van der Waals surface area contributed by atoms with Crippen molar-refractivity contribution >= 4 is 29.1 Å². The van der Waals surface area contributed by atoms with Gasteiger partial charge in [-0.1, -0.05) is 62.7 Å². The summed E-state index contributed by atoms with van der Waals surface area (Å²) < 4.78 is 11.8. The van der Waals surface area contributed by atoms with Gasteiger partial charge in [0.15, 0.2) is 0 Å². The van der Waals surface area contributed by atoms with Crippen molar-refractivity contribution in [2.45, 2.75) is 58.8 Å². The number of carbonyl (C=O) groups excluding carboxylic acids is 2. The molecule has 1 fully saturated rings. The van der Waals surface area contributed by atoms with Gasteiger partial charge in [-0.3, -0.25) is 9.79 Å². The van der Waals surface area contributed by atoms with Crippen LogP contribution in [-0.4, -0.2) is 30.7 Å². The van der Waals surface area contributed by atoms with Crippen molar-refractivity contribution in [3.8, 4) is 5.75 Å². The summed E-state index contributed by atoms with van der Waals surface area (Å²) in [5, 5.41) is 0.667. The number of rotatable bonds is 8. The van der Waals surface area contributed by atoms with Crippen molar-refractivity contribution in [3.63, 3.8) is 0 Å². The first-order valence-electron chi connectivity index (χ1n) is 12.7. The van der Waals surface area contributed by atoms with Crippen molar-refractivity contribution in [3.05, 3.63) is 76.0 Å². The summed E-state index contributed by atoms with van der Waals surface area (Å²) in [4.78, 5) is 32.1. The zero-order chi connectivity index (χ0) is 25.8. The average molecular weight is 508 g/mol. The SMILES string of the molecule is CCCOc1ccccc1[C@H]1C(C(=O)OCC(C)C)=C(C)N=C2C[C@@H](c3ccc(Cl)cc3)CC(=O)C21. The van der Waals surface area contributed by atoms with Crippen LogP contribution in [0, 0.1) is 11.8 Å². The first-order valence-corrected chi connectivity index (χ1v) is 13.1. The molecule has 0 amide bonds.